The van der Waals surface area contributed by atoms with E-state index in [-0.39, 0.29) is 0 Å². The van der Waals surface area contributed by atoms with E-state index in [9.17, 15) is 5.26 Å². The van der Waals surface area contributed by atoms with Gasteiger partial charge < -0.3 is 15.0 Å². The highest BCUT2D eigenvalue weighted by Gasteiger charge is 2.22. The Bertz CT molecular complexity index is 520. The molecule has 0 saturated carbocycles. The number of rotatable bonds is 6. The zero-order valence-corrected chi connectivity index (χ0v) is 13.0. The largest absolute Gasteiger partial charge is 0.383 e. The molecule has 1 aromatic heterocycles. The number of nitrogens with zero attached hydrogens (tertiary/aromatic N) is 4. The molecule has 1 unspecified atom stereocenters. The van der Waals surface area contributed by atoms with Gasteiger partial charge in [-0.25, -0.2) is 0 Å². The number of ether oxygens (including phenoxy) is 1. The first-order valence-corrected chi connectivity index (χ1v) is 7.38. The van der Waals surface area contributed by atoms with Crippen molar-refractivity contribution in [3.05, 3.63) is 16.8 Å². The molecule has 114 valence electrons. The predicted molar refractivity (Wildman–Crippen MR) is 81.3 cm³/mol. The van der Waals surface area contributed by atoms with E-state index in [0.717, 1.165) is 30.8 Å². The number of nitriles is 1. The molecule has 0 bridgehead atoms. The number of aryl methyl sites for hydroxylation is 1. The first-order valence-electron chi connectivity index (χ1n) is 7.38. The highest BCUT2D eigenvalue weighted by Crippen LogP contribution is 2.22. The van der Waals surface area contributed by atoms with E-state index < -0.39 is 0 Å². The van der Waals surface area contributed by atoms with Crippen molar-refractivity contribution in [3.8, 4) is 6.07 Å². The Balaban J connectivity index is 2.26. The molecule has 0 aliphatic carbocycles. The van der Waals surface area contributed by atoms with E-state index in [1.165, 1.54) is 6.42 Å². The molecule has 0 aromatic carbocycles. The predicted octanol–water partition coefficient (Wildman–Crippen LogP) is 1.17. The third kappa shape index (κ3) is 3.69. The lowest BCUT2D eigenvalue weighted by Crippen LogP contribution is -2.40. The highest BCUT2D eigenvalue weighted by molar-refractivity contribution is 5.57. The van der Waals surface area contributed by atoms with Gasteiger partial charge in [-0.2, -0.15) is 10.4 Å². The molecule has 6 heteroatoms. The van der Waals surface area contributed by atoms with Crippen LogP contribution in [0.2, 0.25) is 0 Å². The molecule has 1 atom stereocenters. The minimum Gasteiger partial charge on any atom is -0.383 e. The summed E-state index contributed by atoms with van der Waals surface area (Å²) < 4.78 is 5.19. The zero-order chi connectivity index (χ0) is 15.2. The molecule has 2 rings (SSSR count). The molecule has 1 N–H and O–H groups in total. The van der Waals surface area contributed by atoms with E-state index in [2.05, 4.69) is 26.5 Å². The van der Waals surface area contributed by atoms with Crippen molar-refractivity contribution in [2.45, 2.75) is 32.7 Å². The standard InChI is InChI=1S/C15H23N5O/c1-11-12(2)18-19-15(14(11)9-16)20(7-8-21-3)10-13-5-4-6-17-13/h13,17H,4-8,10H2,1-3H3. The number of hydrogen-bond donors (Lipinski definition) is 1. The molecule has 1 saturated heterocycles. The number of aromatic nitrogens is 2. The lowest BCUT2D eigenvalue weighted by molar-refractivity contribution is 0.204. The summed E-state index contributed by atoms with van der Waals surface area (Å²) in [6.45, 7) is 7.01. The molecule has 0 radical (unpaired) electrons. The Morgan fingerprint density at radius 3 is 2.86 bits per heavy atom. The Labute approximate surface area is 126 Å². The monoisotopic (exact) mass is 289 g/mol. The summed E-state index contributed by atoms with van der Waals surface area (Å²) >= 11 is 0. The molecule has 1 aromatic rings. The average Bonchev–Trinajstić information content (AvgIpc) is 2.99. The number of hydrogen-bond acceptors (Lipinski definition) is 6. The third-order valence-electron chi connectivity index (χ3n) is 4.02. The van der Waals surface area contributed by atoms with Gasteiger partial charge in [0.25, 0.3) is 0 Å². The SMILES string of the molecule is COCCN(CC1CCCN1)c1nnc(C)c(C)c1C#N. The van der Waals surface area contributed by atoms with Gasteiger partial charge in [-0.15, -0.1) is 5.10 Å². The van der Waals surface area contributed by atoms with E-state index in [1.54, 1.807) is 7.11 Å². The van der Waals surface area contributed by atoms with Crippen molar-refractivity contribution in [2.24, 2.45) is 0 Å². The second kappa shape index (κ2) is 7.34. The lowest BCUT2D eigenvalue weighted by Gasteiger charge is -2.27. The van der Waals surface area contributed by atoms with Crippen molar-refractivity contribution >= 4 is 5.82 Å². The van der Waals surface area contributed by atoms with Crippen molar-refractivity contribution in [2.75, 3.05) is 38.3 Å². The molecule has 0 spiro atoms. The van der Waals surface area contributed by atoms with Crippen molar-refractivity contribution in [3.63, 3.8) is 0 Å². The smallest absolute Gasteiger partial charge is 0.169 e. The summed E-state index contributed by atoms with van der Waals surface area (Å²) in [6.07, 6.45) is 2.36. The van der Waals surface area contributed by atoms with Gasteiger partial charge in [-0.05, 0) is 38.8 Å². The van der Waals surface area contributed by atoms with E-state index in [4.69, 9.17) is 4.74 Å². The average molecular weight is 289 g/mol. The summed E-state index contributed by atoms with van der Waals surface area (Å²) in [5, 5.41) is 21.4. The summed E-state index contributed by atoms with van der Waals surface area (Å²) in [4.78, 5) is 2.12. The zero-order valence-electron chi connectivity index (χ0n) is 13.0. The van der Waals surface area contributed by atoms with Crippen LogP contribution in [-0.4, -0.2) is 49.6 Å². The molecule has 6 nitrogen and oxygen atoms in total. The maximum Gasteiger partial charge on any atom is 0.169 e. The second-order valence-corrected chi connectivity index (χ2v) is 5.45. The van der Waals surface area contributed by atoms with Gasteiger partial charge in [-0.3, -0.25) is 0 Å². The van der Waals surface area contributed by atoms with Crippen LogP contribution < -0.4 is 10.2 Å². The highest BCUT2D eigenvalue weighted by atomic mass is 16.5. The molecular weight excluding hydrogens is 266 g/mol. The van der Waals surface area contributed by atoms with Gasteiger partial charge in [0.05, 0.1) is 12.3 Å². The van der Waals surface area contributed by atoms with Crippen LogP contribution in [0.1, 0.15) is 29.7 Å². The fourth-order valence-electron chi connectivity index (χ4n) is 2.61. The molecule has 1 aliphatic rings. The fraction of sp³-hybridized carbons (Fsp3) is 0.667. The molecular formula is C15H23N5O. The normalized spacial score (nSPS) is 17.7. The molecule has 1 aliphatic heterocycles. The Kier molecular flexibility index (Phi) is 5.48. The summed E-state index contributed by atoms with van der Waals surface area (Å²) in [6, 6.07) is 2.72. The van der Waals surface area contributed by atoms with Gasteiger partial charge in [0.15, 0.2) is 5.82 Å². The Hall–Kier alpha value is -1.71. The number of anilines is 1. The first-order chi connectivity index (χ1) is 10.2. The quantitative estimate of drug-likeness (QED) is 0.847. The van der Waals surface area contributed by atoms with Crippen molar-refractivity contribution in [1.29, 1.82) is 5.26 Å². The molecule has 0 amide bonds. The maximum absolute atomic E-state index is 9.47. The van der Waals surface area contributed by atoms with Crippen LogP contribution in [0.5, 0.6) is 0 Å². The van der Waals surface area contributed by atoms with Gasteiger partial charge in [-0.1, -0.05) is 0 Å². The van der Waals surface area contributed by atoms with E-state index >= 15 is 0 Å². The van der Waals surface area contributed by atoms with Crippen LogP contribution in [0.4, 0.5) is 5.82 Å². The van der Waals surface area contributed by atoms with Crippen LogP contribution in [0, 0.1) is 25.2 Å². The molecule has 2 heterocycles. The van der Waals surface area contributed by atoms with Crippen LogP contribution in [0.25, 0.3) is 0 Å². The number of nitrogens with one attached hydrogen (secondary N) is 1. The van der Waals surface area contributed by atoms with Gasteiger partial charge in [0.2, 0.25) is 0 Å². The van der Waals surface area contributed by atoms with Crippen molar-refractivity contribution in [1.82, 2.24) is 15.5 Å². The van der Waals surface area contributed by atoms with Crippen LogP contribution in [0.15, 0.2) is 0 Å². The van der Waals surface area contributed by atoms with Crippen molar-refractivity contribution < 1.29 is 4.74 Å². The summed E-state index contributed by atoms with van der Waals surface area (Å²) in [7, 11) is 1.68. The van der Waals surface area contributed by atoms with Gasteiger partial charge in [0.1, 0.15) is 11.6 Å². The van der Waals surface area contributed by atoms with Gasteiger partial charge >= 0.3 is 0 Å². The topological polar surface area (TPSA) is 74.1 Å². The summed E-state index contributed by atoms with van der Waals surface area (Å²) in [5.41, 5.74) is 2.34. The van der Waals surface area contributed by atoms with Gasteiger partial charge in [0, 0.05) is 26.2 Å². The van der Waals surface area contributed by atoms with Crippen LogP contribution >= 0.6 is 0 Å². The lowest BCUT2D eigenvalue weighted by atomic mass is 10.1. The Morgan fingerprint density at radius 2 is 2.24 bits per heavy atom. The fourth-order valence-corrected chi connectivity index (χ4v) is 2.61. The van der Waals surface area contributed by atoms with E-state index in [0.29, 0.717) is 30.6 Å². The maximum atomic E-state index is 9.47. The summed E-state index contributed by atoms with van der Waals surface area (Å²) in [5.74, 6) is 0.673. The molecule has 1 fully saturated rings. The number of methoxy groups -OCH3 is 1. The second-order valence-electron chi connectivity index (χ2n) is 5.45. The van der Waals surface area contributed by atoms with Crippen LogP contribution in [-0.2, 0) is 4.74 Å². The van der Waals surface area contributed by atoms with E-state index in [1.807, 2.05) is 13.8 Å². The first kappa shape index (κ1) is 15.7. The minimum atomic E-state index is 0.441. The Morgan fingerprint density at radius 1 is 1.43 bits per heavy atom. The molecule has 21 heavy (non-hydrogen) atoms. The van der Waals surface area contributed by atoms with Crippen LogP contribution in [0.3, 0.4) is 0 Å². The minimum absolute atomic E-state index is 0.441. The third-order valence-corrected chi connectivity index (χ3v) is 4.02.